The smallest absolute Gasteiger partial charge is 0.274 e. The fourth-order valence-electron chi connectivity index (χ4n) is 2.89. The van der Waals surface area contributed by atoms with Crippen LogP contribution in [0.3, 0.4) is 0 Å². The van der Waals surface area contributed by atoms with Gasteiger partial charge in [-0.25, -0.2) is 0 Å². The normalized spacial score (nSPS) is 16.8. The highest BCUT2D eigenvalue weighted by atomic mass is 16.6. The third kappa shape index (κ3) is 7.28. The van der Waals surface area contributed by atoms with Crippen LogP contribution in [-0.4, -0.2) is 54.3 Å². The number of aliphatic hydroxyl groups excluding tert-OH is 1. The average Bonchev–Trinajstić information content (AvgIpc) is 2.64. The van der Waals surface area contributed by atoms with Crippen molar-refractivity contribution in [2.75, 3.05) is 33.3 Å². The van der Waals surface area contributed by atoms with Crippen molar-refractivity contribution in [3.05, 3.63) is 52.0 Å². The van der Waals surface area contributed by atoms with Gasteiger partial charge < -0.3 is 20.5 Å². The molecule has 8 heteroatoms. The summed E-state index contributed by atoms with van der Waals surface area (Å²) in [6.07, 6.45) is 3.86. The van der Waals surface area contributed by atoms with E-state index in [1.165, 1.54) is 24.8 Å². The summed E-state index contributed by atoms with van der Waals surface area (Å²) < 4.78 is 5.66. The molecule has 0 spiro atoms. The predicted octanol–water partition coefficient (Wildman–Crippen LogP) is 1.30. The highest BCUT2D eigenvalue weighted by Crippen LogP contribution is 2.17. The molecule has 3 N–H and O–H groups in total. The molecular formula is C18H28N4O4. The van der Waals surface area contributed by atoms with Crippen LogP contribution in [0, 0.1) is 10.1 Å². The lowest BCUT2D eigenvalue weighted by molar-refractivity contribution is -0.404. The van der Waals surface area contributed by atoms with Gasteiger partial charge in [0.15, 0.2) is 5.82 Å². The predicted molar refractivity (Wildman–Crippen MR) is 99.2 cm³/mol. The van der Waals surface area contributed by atoms with Gasteiger partial charge in [-0.2, -0.15) is 0 Å². The molecule has 2 rings (SSSR count). The first-order valence-electron chi connectivity index (χ1n) is 8.96. The molecule has 1 aliphatic rings. The molecule has 0 aliphatic carbocycles. The molecule has 1 heterocycles. The number of nitrogens with one attached hydrogen (secondary N) is 2. The van der Waals surface area contributed by atoms with Crippen LogP contribution in [-0.2, 0) is 6.54 Å². The van der Waals surface area contributed by atoms with Gasteiger partial charge in [-0.15, -0.1) is 0 Å². The molecule has 1 unspecified atom stereocenters. The zero-order valence-electron chi connectivity index (χ0n) is 15.2. The molecule has 26 heavy (non-hydrogen) atoms. The number of piperidine rings is 1. The lowest BCUT2D eigenvalue weighted by Crippen LogP contribution is -2.34. The van der Waals surface area contributed by atoms with Crippen LogP contribution in [0.4, 0.5) is 0 Å². The molecule has 144 valence electrons. The second-order valence-electron chi connectivity index (χ2n) is 6.41. The molecule has 1 aromatic carbocycles. The molecule has 0 aromatic heterocycles. The Hall–Kier alpha value is -2.32. The number of nitro groups is 1. The standard InChI is InChI=1S/C18H28N4O4/c1-19-18(13-22(24)25)20-11-16(23)14-26-17-7-5-6-15(10-17)12-21-8-3-2-4-9-21/h5-7,10,13,16,19-20,23H,2-4,8-9,11-12,14H2,1H3. The summed E-state index contributed by atoms with van der Waals surface area (Å²) in [6.45, 7) is 3.45. The van der Waals surface area contributed by atoms with Crippen LogP contribution in [0.2, 0.25) is 0 Å². The number of benzene rings is 1. The fourth-order valence-corrected chi connectivity index (χ4v) is 2.89. The topological polar surface area (TPSA) is 99.9 Å². The summed E-state index contributed by atoms with van der Waals surface area (Å²) in [5.74, 6) is 0.950. The van der Waals surface area contributed by atoms with Crippen molar-refractivity contribution in [1.29, 1.82) is 0 Å². The Labute approximate surface area is 154 Å². The second-order valence-corrected chi connectivity index (χ2v) is 6.41. The van der Waals surface area contributed by atoms with Crippen LogP contribution in [0.15, 0.2) is 36.3 Å². The minimum absolute atomic E-state index is 0.107. The maximum Gasteiger partial charge on any atom is 0.274 e. The van der Waals surface area contributed by atoms with E-state index < -0.39 is 11.0 Å². The van der Waals surface area contributed by atoms with Gasteiger partial charge in [0.25, 0.3) is 6.20 Å². The van der Waals surface area contributed by atoms with E-state index in [1.807, 2.05) is 18.2 Å². The van der Waals surface area contributed by atoms with Crippen molar-refractivity contribution < 1.29 is 14.8 Å². The van der Waals surface area contributed by atoms with Crippen LogP contribution in [0.25, 0.3) is 0 Å². The molecule has 0 saturated carbocycles. The summed E-state index contributed by atoms with van der Waals surface area (Å²) in [5.41, 5.74) is 1.20. The van der Waals surface area contributed by atoms with Gasteiger partial charge in [0, 0.05) is 20.1 Å². The van der Waals surface area contributed by atoms with Crippen LogP contribution in [0.5, 0.6) is 5.75 Å². The molecule has 1 aliphatic heterocycles. The third-order valence-corrected chi connectivity index (χ3v) is 4.23. The van der Waals surface area contributed by atoms with Gasteiger partial charge in [-0.1, -0.05) is 18.6 Å². The quantitative estimate of drug-likeness (QED) is 0.425. The van der Waals surface area contributed by atoms with Crippen molar-refractivity contribution in [1.82, 2.24) is 15.5 Å². The Morgan fingerprint density at radius 1 is 1.42 bits per heavy atom. The van der Waals surface area contributed by atoms with Crippen molar-refractivity contribution in [3.8, 4) is 5.75 Å². The minimum Gasteiger partial charge on any atom is -0.491 e. The molecule has 8 nitrogen and oxygen atoms in total. The lowest BCUT2D eigenvalue weighted by atomic mass is 10.1. The van der Waals surface area contributed by atoms with Crippen molar-refractivity contribution in [2.24, 2.45) is 0 Å². The molecule has 1 fully saturated rings. The molecule has 1 saturated heterocycles. The van der Waals surface area contributed by atoms with Gasteiger partial charge in [-0.05, 0) is 43.6 Å². The van der Waals surface area contributed by atoms with Gasteiger partial charge >= 0.3 is 0 Å². The molecule has 1 aromatic rings. The molecule has 0 bridgehead atoms. The van der Waals surface area contributed by atoms with Crippen molar-refractivity contribution in [3.63, 3.8) is 0 Å². The number of rotatable bonds is 10. The Bertz CT molecular complexity index is 603. The number of likely N-dealkylation sites (tertiary alicyclic amines) is 1. The van der Waals surface area contributed by atoms with Gasteiger partial charge in [0.2, 0.25) is 0 Å². The number of nitrogens with zero attached hydrogens (tertiary/aromatic N) is 2. The largest absolute Gasteiger partial charge is 0.491 e. The summed E-state index contributed by atoms with van der Waals surface area (Å²) in [7, 11) is 1.57. The third-order valence-electron chi connectivity index (χ3n) is 4.23. The first kappa shape index (κ1) is 20.0. The van der Waals surface area contributed by atoms with E-state index in [2.05, 4.69) is 21.6 Å². The zero-order chi connectivity index (χ0) is 18.8. The first-order valence-corrected chi connectivity index (χ1v) is 8.96. The van der Waals surface area contributed by atoms with E-state index in [4.69, 9.17) is 4.74 Å². The highest BCUT2D eigenvalue weighted by molar-refractivity contribution is 5.28. The van der Waals surface area contributed by atoms with Crippen molar-refractivity contribution >= 4 is 0 Å². The summed E-state index contributed by atoms with van der Waals surface area (Å²) in [6, 6.07) is 7.91. The monoisotopic (exact) mass is 364 g/mol. The number of ether oxygens (including phenoxy) is 1. The van der Waals surface area contributed by atoms with E-state index in [9.17, 15) is 15.2 Å². The van der Waals surface area contributed by atoms with Gasteiger partial charge in [0.1, 0.15) is 18.5 Å². The molecule has 0 amide bonds. The Morgan fingerprint density at radius 3 is 2.88 bits per heavy atom. The Kier molecular flexibility index (Phi) is 8.17. The Morgan fingerprint density at radius 2 is 2.19 bits per heavy atom. The number of hydrogen-bond donors (Lipinski definition) is 3. The van der Waals surface area contributed by atoms with E-state index in [-0.39, 0.29) is 19.0 Å². The second kappa shape index (κ2) is 10.6. The number of hydrogen-bond acceptors (Lipinski definition) is 7. The highest BCUT2D eigenvalue weighted by Gasteiger charge is 2.11. The Balaban J connectivity index is 1.77. The van der Waals surface area contributed by atoms with E-state index >= 15 is 0 Å². The fraction of sp³-hybridized carbons (Fsp3) is 0.556. The van der Waals surface area contributed by atoms with Crippen molar-refractivity contribution in [2.45, 2.75) is 31.9 Å². The summed E-state index contributed by atoms with van der Waals surface area (Å²) >= 11 is 0. The molecule has 1 atom stereocenters. The minimum atomic E-state index is -0.788. The van der Waals surface area contributed by atoms with E-state index in [0.29, 0.717) is 5.75 Å². The summed E-state index contributed by atoms with van der Waals surface area (Å²) in [4.78, 5) is 12.3. The van der Waals surface area contributed by atoms with E-state index in [1.54, 1.807) is 7.05 Å². The van der Waals surface area contributed by atoms with Crippen LogP contribution < -0.4 is 15.4 Å². The number of aliphatic hydroxyl groups is 1. The van der Waals surface area contributed by atoms with Crippen LogP contribution in [0.1, 0.15) is 24.8 Å². The first-order chi connectivity index (χ1) is 12.6. The zero-order valence-corrected chi connectivity index (χ0v) is 15.2. The van der Waals surface area contributed by atoms with Gasteiger partial charge in [-0.3, -0.25) is 15.0 Å². The maximum atomic E-state index is 10.5. The van der Waals surface area contributed by atoms with E-state index in [0.717, 1.165) is 25.8 Å². The SMILES string of the molecule is CNC(=C[N+](=O)[O-])NCC(O)COc1cccc(CN2CCCCC2)c1. The van der Waals surface area contributed by atoms with Crippen LogP contribution >= 0.6 is 0 Å². The average molecular weight is 364 g/mol. The summed E-state index contributed by atoms with van der Waals surface area (Å²) in [5, 5.41) is 25.9. The molecular weight excluding hydrogens is 336 g/mol. The lowest BCUT2D eigenvalue weighted by Gasteiger charge is -2.26. The molecule has 0 radical (unpaired) electrons. The maximum absolute atomic E-state index is 10.5. The van der Waals surface area contributed by atoms with Gasteiger partial charge in [0.05, 0.1) is 4.92 Å².